The summed E-state index contributed by atoms with van der Waals surface area (Å²) in [7, 11) is -4.26. The summed E-state index contributed by atoms with van der Waals surface area (Å²) in [6.07, 6.45) is 1.51. The van der Waals surface area contributed by atoms with Gasteiger partial charge in [0.1, 0.15) is 17.3 Å². The van der Waals surface area contributed by atoms with E-state index in [1.165, 1.54) is 12.3 Å². The number of nitrogens with zero attached hydrogens (tertiary/aromatic N) is 2. The zero-order valence-electron chi connectivity index (χ0n) is 21.0. The first kappa shape index (κ1) is 25.7. The Hall–Kier alpha value is -4.90. The highest BCUT2D eigenvalue weighted by molar-refractivity contribution is 7.93. The molecule has 198 valence electrons. The Morgan fingerprint density at radius 1 is 1.10 bits per heavy atom. The number of amidine groups is 1. The molecular formula is C28H26N6O4S. The molecule has 0 fully saturated rings. The van der Waals surface area contributed by atoms with Crippen molar-refractivity contribution in [1.29, 1.82) is 5.41 Å². The largest absolute Gasteiger partial charge is 0.480 e. The standard InChI is InChI=1S/C28H26N6O4S/c1-17-22-14-21(11-12-23(22)33-24(17)15-32-20-9-7-19(8-10-20)28(29)30)34(16-26(35)36)39(37,38)25-6-2-4-18-5-3-13-31-27(18)25/h2-14,32-33H,15-16H2,1H3,(H3,29,30)(H,35,36). The molecule has 2 aromatic heterocycles. The van der Waals surface area contributed by atoms with E-state index in [4.69, 9.17) is 11.1 Å². The van der Waals surface area contributed by atoms with E-state index in [0.29, 0.717) is 17.5 Å². The van der Waals surface area contributed by atoms with Gasteiger partial charge in [-0.05, 0) is 67.1 Å². The summed E-state index contributed by atoms with van der Waals surface area (Å²) in [6, 6.07) is 20.5. The molecule has 2 heterocycles. The smallest absolute Gasteiger partial charge is 0.324 e. The first-order chi connectivity index (χ1) is 18.6. The monoisotopic (exact) mass is 542 g/mol. The molecule has 0 radical (unpaired) electrons. The minimum absolute atomic E-state index is 0.000476. The molecule has 0 aliphatic rings. The van der Waals surface area contributed by atoms with Crippen LogP contribution < -0.4 is 15.4 Å². The number of anilines is 2. The molecule has 39 heavy (non-hydrogen) atoms. The summed E-state index contributed by atoms with van der Waals surface area (Å²) >= 11 is 0. The molecule has 6 N–H and O–H groups in total. The van der Waals surface area contributed by atoms with Gasteiger partial charge in [-0.1, -0.05) is 18.2 Å². The third kappa shape index (κ3) is 4.99. The predicted octanol–water partition coefficient (Wildman–Crippen LogP) is 4.20. The number of nitrogens with two attached hydrogens (primary N) is 1. The number of carboxylic acid groups (broad SMARTS) is 1. The molecule has 5 aromatic rings. The lowest BCUT2D eigenvalue weighted by molar-refractivity contribution is -0.135. The van der Waals surface area contributed by atoms with Gasteiger partial charge in [0, 0.05) is 39.4 Å². The molecule has 0 spiro atoms. The van der Waals surface area contributed by atoms with E-state index in [9.17, 15) is 18.3 Å². The van der Waals surface area contributed by atoms with Crippen molar-refractivity contribution in [2.75, 3.05) is 16.2 Å². The molecular weight excluding hydrogens is 516 g/mol. The molecule has 0 unspecified atom stereocenters. The van der Waals surface area contributed by atoms with Gasteiger partial charge in [-0.3, -0.25) is 19.5 Å². The summed E-state index contributed by atoms with van der Waals surface area (Å²) in [5.41, 5.74) is 10.1. The average Bonchev–Trinajstić information content (AvgIpc) is 3.24. The second-order valence-corrected chi connectivity index (χ2v) is 10.9. The molecule has 0 bridgehead atoms. The van der Waals surface area contributed by atoms with Crippen LogP contribution in [0.25, 0.3) is 21.8 Å². The quantitative estimate of drug-likeness (QED) is 0.137. The molecule has 0 amide bonds. The van der Waals surface area contributed by atoms with Crippen LogP contribution in [0.2, 0.25) is 0 Å². The van der Waals surface area contributed by atoms with E-state index in [2.05, 4.69) is 15.3 Å². The van der Waals surface area contributed by atoms with Crippen molar-refractivity contribution >= 4 is 55.0 Å². The minimum atomic E-state index is -4.26. The lowest BCUT2D eigenvalue weighted by atomic mass is 10.1. The Morgan fingerprint density at radius 3 is 2.56 bits per heavy atom. The van der Waals surface area contributed by atoms with Crippen molar-refractivity contribution in [3.8, 4) is 0 Å². The zero-order valence-corrected chi connectivity index (χ0v) is 21.8. The number of para-hydroxylation sites is 1. The molecule has 0 aliphatic carbocycles. The topological polar surface area (TPSA) is 165 Å². The summed E-state index contributed by atoms with van der Waals surface area (Å²) in [5, 5.41) is 21.9. The van der Waals surface area contributed by atoms with E-state index in [1.54, 1.807) is 54.6 Å². The Labute approximate surface area is 224 Å². The van der Waals surface area contributed by atoms with Crippen molar-refractivity contribution in [1.82, 2.24) is 9.97 Å². The average molecular weight is 543 g/mol. The molecule has 5 rings (SSSR count). The fourth-order valence-corrected chi connectivity index (χ4v) is 6.08. The molecule has 3 aromatic carbocycles. The lowest BCUT2D eigenvalue weighted by Crippen LogP contribution is -2.36. The summed E-state index contributed by atoms with van der Waals surface area (Å²) < 4.78 is 28.5. The summed E-state index contributed by atoms with van der Waals surface area (Å²) in [6.45, 7) is 1.64. The van der Waals surface area contributed by atoms with Gasteiger partial charge in [0.25, 0.3) is 10.0 Å². The van der Waals surface area contributed by atoms with Gasteiger partial charge >= 0.3 is 5.97 Å². The van der Waals surface area contributed by atoms with E-state index in [0.717, 1.165) is 32.2 Å². The second kappa shape index (κ2) is 10.1. The van der Waals surface area contributed by atoms with Crippen molar-refractivity contribution in [3.05, 3.63) is 95.8 Å². The van der Waals surface area contributed by atoms with Gasteiger partial charge in [0.2, 0.25) is 0 Å². The molecule has 0 aliphatic heterocycles. The zero-order chi connectivity index (χ0) is 27.7. The first-order valence-corrected chi connectivity index (χ1v) is 13.5. The van der Waals surface area contributed by atoms with Crippen molar-refractivity contribution in [2.24, 2.45) is 5.73 Å². The minimum Gasteiger partial charge on any atom is -0.480 e. The Balaban J connectivity index is 1.49. The SMILES string of the molecule is Cc1c(CNc2ccc(C(=N)N)cc2)[nH]c2ccc(N(CC(=O)O)S(=O)(=O)c3cccc4cccnc34)cc12. The van der Waals surface area contributed by atoms with Crippen LogP contribution in [0, 0.1) is 12.3 Å². The number of hydrogen-bond donors (Lipinski definition) is 5. The predicted molar refractivity (Wildman–Crippen MR) is 152 cm³/mol. The molecule has 10 nitrogen and oxygen atoms in total. The van der Waals surface area contributed by atoms with Gasteiger partial charge in [-0.25, -0.2) is 8.42 Å². The van der Waals surface area contributed by atoms with Crippen LogP contribution in [-0.2, 0) is 21.4 Å². The van der Waals surface area contributed by atoms with E-state index in [1.807, 2.05) is 19.1 Å². The van der Waals surface area contributed by atoms with E-state index in [-0.39, 0.29) is 21.9 Å². The second-order valence-electron chi connectivity index (χ2n) is 9.04. The number of rotatable bonds is 9. The van der Waals surface area contributed by atoms with Crippen molar-refractivity contribution in [2.45, 2.75) is 18.4 Å². The molecule has 0 atom stereocenters. The third-order valence-corrected chi connectivity index (χ3v) is 8.35. The van der Waals surface area contributed by atoms with Crippen LogP contribution in [0.5, 0.6) is 0 Å². The van der Waals surface area contributed by atoms with Crippen LogP contribution in [0.15, 0.2) is 83.9 Å². The summed E-state index contributed by atoms with van der Waals surface area (Å²) in [4.78, 5) is 19.3. The number of aromatic amines is 1. The number of hydrogen-bond acceptors (Lipinski definition) is 6. The molecule has 0 saturated heterocycles. The fourth-order valence-electron chi connectivity index (χ4n) is 4.50. The van der Waals surface area contributed by atoms with Crippen LogP contribution in [-0.4, -0.2) is 41.8 Å². The van der Waals surface area contributed by atoms with Crippen LogP contribution in [0.3, 0.4) is 0 Å². The number of aryl methyl sites for hydroxylation is 1. The van der Waals surface area contributed by atoms with Gasteiger partial charge in [0.05, 0.1) is 17.7 Å². The maximum Gasteiger partial charge on any atom is 0.324 e. The molecule has 0 saturated carbocycles. The number of aliphatic carboxylic acids is 1. The van der Waals surface area contributed by atoms with Gasteiger partial charge < -0.3 is 21.1 Å². The van der Waals surface area contributed by atoms with Gasteiger partial charge in [-0.2, -0.15) is 0 Å². The number of carbonyl (C=O) groups is 1. The summed E-state index contributed by atoms with van der Waals surface area (Å²) in [5.74, 6) is -1.28. The Bertz CT molecular complexity index is 1830. The number of pyridine rings is 1. The lowest BCUT2D eigenvalue weighted by Gasteiger charge is -2.23. The Kier molecular flexibility index (Phi) is 6.67. The molecule has 11 heteroatoms. The van der Waals surface area contributed by atoms with E-state index < -0.39 is 22.5 Å². The highest BCUT2D eigenvalue weighted by atomic mass is 32.2. The number of H-pyrrole nitrogens is 1. The normalized spacial score (nSPS) is 11.5. The van der Waals surface area contributed by atoms with Gasteiger partial charge in [0.15, 0.2) is 0 Å². The highest BCUT2D eigenvalue weighted by Gasteiger charge is 2.29. The number of carboxylic acids is 1. The number of nitrogen functional groups attached to an aromatic ring is 1. The maximum atomic E-state index is 13.8. The maximum absolute atomic E-state index is 13.8. The first-order valence-electron chi connectivity index (χ1n) is 12.0. The Morgan fingerprint density at radius 2 is 1.85 bits per heavy atom. The number of nitrogens with one attached hydrogen (secondary N) is 3. The number of fused-ring (bicyclic) bond motifs is 2. The van der Waals surface area contributed by atoms with Gasteiger partial charge in [-0.15, -0.1) is 0 Å². The van der Waals surface area contributed by atoms with Crippen LogP contribution in [0.4, 0.5) is 11.4 Å². The third-order valence-electron chi connectivity index (χ3n) is 6.54. The van der Waals surface area contributed by atoms with Crippen LogP contribution >= 0.6 is 0 Å². The van der Waals surface area contributed by atoms with Crippen molar-refractivity contribution < 1.29 is 18.3 Å². The fraction of sp³-hybridized carbons (Fsp3) is 0.107. The van der Waals surface area contributed by atoms with Crippen LogP contribution in [0.1, 0.15) is 16.8 Å². The number of benzene rings is 3. The number of sulfonamides is 1. The van der Waals surface area contributed by atoms with E-state index >= 15 is 0 Å². The van der Waals surface area contributed by atoms with Crippen molar-refractivity contribution in [3.63, 3.8) is 0 Å². The highest BCUT2D eigenvalue weighted by Crippen LogP contribution is 2.32. The number of aromatic nitrogens is 2.